The fourth-order valence-corrected chi connectivity index (χ4v) is 4.19. The molecule has 1 aromatic carbocycles. The number of amides is 1. The summed E-state index contributed by atoms with van der Waals surface area (Å²) in [4.78, 5) is 16.6. The van der Waals surface area contributed by atoms with Gasteiger partial charge in [0.15, 0.2) is 0 Å². The number of pyridine rings is 1. The molecule has 3 heterocycles. The molecule has 2 aliphatic rings. The van der Waals surface area contributed by atoms with Crippen LogP contribution in [0.3, 0.4) is 0 Å². The van der Waals surface area contributed by atoms with Crippen molar-refractivity contribution in [3.05, 3.63) is 47.3 Å². The number of aromatic nitrogens is 1. The normalized spacial score (nSPS) is 16.6. The summed E-state index contributed by atoms with van der Waals surface area (Å²) in [6.45, 7) is 10.8. The standard InChI is InChI=1S/C25H34N4O4/c1-25(2,3)33-24(30)28-14-15-32-22-8-6-19(16-21(22)17-28)20-7-9-23(29(31)18-20)26-10-13-27-11-4-5-12-27/h6-9,16,18,26H,4-5,10-15,17H2,1-3H3. The number of nitrogens with zero attached hydrogens (tertiary/aromatic N) is 3. The van der Waals surface area contributed by atoms with Gasteiger partial charge in [0.05, 0.1) is 19.6 Å². The third-order valence-corrected chi connectivity index (χ3v) is 5.87. The molecule has 1 aromatic heterocycles. The first-order chi connectivity index (χ1) is 15.8. The summed E-state index contributed by atoms with van der Waals surface area (Å²) < 4.78 is 12.3. The number of hydrogen-bond donors (Lipinski definition) is 1. The van der Waals surface area contributed by atoms with Gasteiger partial charge in [-0.05, 0) is 70.5 Å². The third-order valence-electron chi connectivity index (χ3n) is 5.87. The van der Waals surface area contributed by atoms with E-state index >= 15 is 0 Å². The van der Waals surface area contributed by atoms with Crippen molar-refractivity contribution >= 4 is 11.9 Å². The van der Waals surface area contributed by atoms with Gasteiger partial charge in [0.1, 0.15) is 24.2 Å². The highest BCUT2D eigenvalue weighted by Crippen LogP contribution is 2.29. The molecule has 0 unspecified atom stereocenters. The lowest BCUT2D eigenvalue weighted by atomic mass is 10.0. The molecule has 0 aliphatic carbocycles. The molecular formula is C25H34N4O4. The molecule has 8 heteroatoms. The van der Waals surface area contributed by atoms with E-state index in [1.807, 2.05) is 51.1 Å². The predicted molar refractivity (Wildman–Crippen MR) is 127 cm³/mol. The second-order valence-electron chi connectivity index (χ2n) is 9.68. The van der Waals surface area contributed by atoms with Crippen LogP contribution in [-0.2, 0) is 11.3 Å². The molecule has 2 aromatic rings. The van der Waals surface area contributed by atoms with Crippen LogP contribution in [0.5, 0.6) is 5.75 Å². The summed E-state index contributed by atoms with van der Waals surface area (Å²) in [7, 11) is 0. The van der Waals surface area contributed by atoms with E-state index in [2.05, 4.69) is 10.2 Å². The van der Waals surface area contributed by atoms with Gasteiger partial charge in [-0.1, -0.05) is 6.07 Å². The quantitative estimate of drug-likeness (QED) is 0.549. The molecule has 0 bridgehead atoms. The van der Waals surface area contributed by atoms with Crippen LogP contribution in [0.25, 0.3) is 11.1 Å². The van der Waals surface area contributed by atoms with E-state index in [0.29, 0.717) is 25.5 Å². The zero-order valence-electron chi connectivity index (χ0n) is 19.8. The van der Waals surface area contributed by atoms with Crippen molar-refractivity contribution < 1.29 is 19.0 Å². The summed E-state index contributed by atoms with van der Waals surface area (Å²) >= 11 is 0. The lowest BCUT2D eigenvalue weighted by molar-refractivity contribution is -0.589. The minimum absolute atomic E-state index is 0.355. The van der Waals surface area contributed by atoms with E-state index in [-0.39, 0.29) is 6.09 Å². The molecule has 2 aliphatic heterocycles. The summed E-state index contributed by atoms with van der Waals surface area (Å²) in [5, 5.41) is 15.8. The molecule has 8 nitrogen and oxygen atoms in total. The van der Waals surface area contributed by atoms with E-state index < -0.39 is 5.60 Å². The Hall–Kier alpha value is -3.00. The van der Waals surface area contributed by atoms with Crippen LogP contribution >= 0.6 is 0 Å². The maximum atomic E-state index is 12.6. The molecular weight excluding hydrogens is 420 g/mol. The van der Waals surface area contributed by atoms with Crippen LogP contribution in [0.1, 0.15) is 39.2 Å². The number of fused-ring (bicyclic) bond motifs is 1. The number of ether oxygens (including phenoxy) is 2. The third kappa shape index (κ3) is 6.07. The summed E-state index contributed by atoms with van der Waals surface area (Å²) in [5.74, 6) is 1.30. The number of likely N-dealkylation sites (tertiary alicyclic amines) is 1. The molecule has 1 amide bonds. The smallest absolute Gasteiger partial charge is 0.410 e. The van der Waals surface area contributed by atoms with Gasteiger partial charge in [0.2, 0.25) is 0 Å². The van der Waals surface area contributed by atoms with Gasteiger partial charge in [-0.15, -0.1) is 0 Å². The molecule has 1 N–H and O–H groups in total. The minimum atomic E-state index is -0.555. The van der Waals surface area contributed by atoms with Crippen LogP contribution in [-0.4, -0.2) is 60.8 Å². The van der Waals surface area contributed by atoms with Crippen LogP contribution < -0.4 is 14.8 Å². The second kappa shape index (κ2) is 9.87. The van der Waals surface area contributed by atoms with Crippen molar-refractivity contribution in [2.75, 3.05) is 44.6 Å². The van der Waals surface area contributed by atoms with E-state index in [1.165, 1.54) is 12.8 Å². The number of rotatable bonds is 5. The summed E-state index contributed by atoms with van der Waals surface area (Å²) in [6, 6.07) is 9.59. The topological polar surface area (TPSA) is 81.0 Å². The molecule has 0 spiro atoms. The van der Waals surface area contributed by atoms with E-state index in [1.54, 1.807) is 11.1 Å². The molecule has 0 radical (unpaired) electrons. The highest BCUT2D eigenvalue weighted by molar-refractivity contribution is 5.69. The number of carbonyl (C=O) groups excluding carboxylic acids is 1. The maximum absolute atomic E-state index is 12.6. The first kappa shape index (κ1) is 23.2. The van der Waals surface area contributed by atoms with Gasteiger partial charge < -0.3 is 19.6 Å². The fraction of sp³-hybridized carbons (Fsp3) is 0.520. The van der Waals surface area contributed by atoms with Crippen molar-refractivity contribution in [1.29, 1.82) is 0 Å². The minimum Gasteiger partial charge on any atom is -0.711 e. The zero-order valence-corrected chi connectivity index (χ0v) is 19.8. The number of nitrogens with one attached hydrogen (secondary N) is 1. The molecule has 0 atom stereocenters. The van der Waals surface area contributed by atoms with Gasteiger partial charge in [0.25, 0.3) is 5.82 Å². The molecule has 178 valence electrons. The highest BCUT2D eigenvalue weighted by atomic mass is 16.6. The van der Waals surface area contributed by atoms with Gasteiger partial charge in [-0.2, -0.15) is 0 Å². The Morgan fingerprint density at radius 3 is 2.64 bits per heavy atom. The first-order valence-corrected chi connectivity index (χ1v) is 11.7. The number of benzene rings is 1. The Bertz CT molecular complexity index is 983. The average molecular weight is 455 g/mol. The van der Waals surface area contributed by atoms with Gasteiger partial charge in [-0.3, -0.25) is 10.2 Å². The van der Waals surface area contributed by atoms with Crippen LogP contribution in [0.2, 0.25) is 0 Å². The molecule has 1 fully saturated rings. The van der Waals surface area contributed by atoms with Crippen LogP contribution in [0, 0.1) is 5.21 Å². The van der Waals surface area contributed by atoms with Gasteiger partial charge in [-0.25, -0.2) is 9.52 Å². The lowest BCUT2D eigenvalue weighted by Crippen LogP contribution is -2.37. The van der Waals surface area contributed by atoms with Gasteiger partial charge in [0, 0.05) is 23.7 Å². The van der Waals surface area contributed by atoms with Crippen molar-refractivity contribution in [2.24, 2.45) is 0 Å². The molecule has 4 rings (SSSR count). The molecule has 1 saturated heterocycles. The second-order valence-corrected chi connectivity index (χ2v) is 9.68. The Labute approximate surface area is 195 Å². The number of hydrogen-bond acceptors (Lipinski definition) is 6. The fourth-order valence-electron chi connectivity index (χ4n) is 4.19. The highest BCUT2D eigenvalue weighted by Gasteiger charge is 2.25. The Morgan fingerprint density at radius 2 is 1.91 bits per heavy atom. The zero-order chi connectivity index (χ0) is 23.4. The number of anilines is 1. The van der Waals surface area contributed by atoms with Crippen LogP contribution in [0.4, 0.5) is 10.6 Å². The monoisotopic (exact) mass is 454 g/mol. The van der Waals surface area contributed by atoms with Crippen molar-refractivity contribution in [3.8, 4) is 16.9 Å². The first-order valence-electron chi connectivity index (χ1n) is 11.7. The number of carbonyl (C=O) groups is 1. The lowest BCUT2D eigenvalue weighted by Gasteiger charge is -2.26. The maximum Gasteiger partial charge on any atom is 0.410 e. The SMILES string of the molecule is CC(C)(C)OC(=O)N1CCOc2ccc(-c3ccc(NCCN4CCCC4)[n+]([O-])c3)cc2C1. The van der Waals surface area contributed by atoms with E-state index in [0.717, 1.165) is 53.3 Å². The Kier molecular flexibility index (Phi) is 6.93. The van der Waals surface area contributed by atoms with Gasteiger partial charge >= 0.3 is 6.09 Å². The molecule has 33 heavy (non-hydrogen) atoms. The predicted octanol–water partition coefficient (Wildman–Crippen LogP) is 3.62. The summed E-state index contributed by atoms with van der Waals surface area (Å²) in [6.07, 6.45) is 3.75. The van der Waals surface area contributed by atoms with Crippen molar-refractivity contribution in [3.63, 3.8) is 0 Å². The van der Waals surface area contributed by atoms with Crippen molar-refractivity contribution in [2.45, 2.75) is 45.8 Å². The molecule has 0 saturated carbocycles. The van der Waals surface area contributed by atoms with E-state index in [9.17, 15) is 10.0 Å². The van der Waals surface area contributed by atoms with Crippen molar-refractivity contribution in [1.82, 2.24) is 9.80 Å². The van der Waals surface area contributed by atoms with Crippen LogP contribution in [0.15, 0.2) is 36.5 Å². The van der Waals surface area contributed by atoms with E-state index in [4.69, 9.17) is 9.47 Å². The average Bonchev–Trinajstić information content (AvgIpc) is 3.18. The Morgan fingerprint density at radius 1 is 1.15 bits per heavy atom. The summed E-state index contributed by atoms with van der Waals surface area (Å²) in [5.41, 5.74) is 2.05. The Balaban J connectivity index is 1.45. The largest absolute Gasteiger partial charge is 0.711 e.